The van der Waals surface area contributed by atoms with E-state index in [0.717, 1.165) is 6.42 Å². The molecule has 7 heteroatoms. The zero-order chi connectivity index (χ0) is 15.2. The molecule has 0 aromatic rings. The van der Waals surface area contributed by atoms with Gasteiger partial charge in [0.05, 0.1) is 4.99 Å². The lowest BCUT2D eigenvalue weighted by atomic mass is 10.0. The number of nitrogens with one attached hydrogen (secondary N) is 1. The molecule has 0 saturated carbocycles. The molecule has 0 aliphatic carbocycles. The van der Waals surface area contributed by atoms with Gasteiger partial charge in [-0.05, 0) is 32.9 Å². The van der Waals surface area contributed by atoms with E-state index in [-0.39, 0.29) is 11.0 Å². The molecule has 2 atom stereocenters. The van der Waals surface area contributed by atoms with Gasteiger partial charge in [-0.3, -0.25) is 0 Å². The Balaban J connectivity index is 4.94. The summed E-state index contributed by atoms with van der Waals surface area (Å²) in [5.41, 5.74) is 5.51. The minimum absolute atomic E-state index is 0.0307. The highest BCUT2D eigenvalue weighted by Gasteiger charge is 2.29. The van der Waals surface area contributed by atoms with Gasteiger partial charge in [-0.25, -0.2) is 13.1 Å². The molecule has 0 amide bonds. The van der Waals surface area contributed by atoms with E-state index in [2.05, 4.69) is 18.6 Å². The second-order valence-electron chi connectivity index (χ2n) is 5.55. The van der Waals surface area contributed by atoms with Crippen LogP contribution in [-0.4, -0.2) is 50.2 Å². The molecule has 3 N–H and O–H groups in total. The summed E-state index contributed by atoms with van der Waals surface area (Å²) in [6, 6.07) is -0.122. The second-order valence-corrected chi connectivity index (χ2v) is 7.92. The van der Waals surface area contributed by atoms with E-state index in [1.165, 1.54) is 0 Å². The SMILES string of the molecule is CCC(C(N)=S)S(=O)(=O)NC(CC(C)C)CN(C)C. The Hall–Kier alpha value is -0.240. The molecular weight excluding hydrogens is 282 g/mol. The highest BCUT2D eigenvalue weighted by molar-refractivity contribution is 7.93. The average molecular weight is 310 g/mol. The number of rotatable bonds is 9. The molecule has 0 bridgehead atoms. The smallest absolute Gasteiger partial charge is 0.221 e. The predicted octanol–water partition coefficient (Wildman–Crippen LogP) is 0.947. The number of sulfonamides is 1. The molecule has 0 radical (unpaired) electrons. The lowest BCUT2D eigenvalue weighted by Crippen LogP contribution is -2.49. The van der Waals surface area contributed by atoms with Gasteiger partial charge in [0, 0.05) is 12.6 Å². The van der Waals surface area contributed by atoms with E-state index in [1.54, 1.807) is 6.92 Å². The lowest BCUT2D eigenvalue weighted by molar-refractivity contribution is 0.329. The van der Waals surface area contributed by atoms with Crippen molar-refractivity contribution in [2.24, 2.45) is 11.7 Å². The fourth-order valence-electron chi connectivity index (χ4n) is 2.06. The molecule has 0 rings (SSSR count). The number of likely N-dealkylation sites (N-methyl/N-ethyl adjacent to an activating group) is 1. The van der Waals surface area contributed by atoms with Gasteiger partial charge >= 0.3 is 0 Å². The third kappa shape index (κ3) is 7.20. The molecule has 5 nitrogen and oxygen atoms in total. The quantitative estimate of drug-likeness (QED) is 0.620. The van der Waals surface area contributed by atoms with Gasteiger partial charge in [0.15, 0.2) is 0 Å². The Morgan fingerprint density at radius 2 is 1.89 bits per heavy atom. The average Bonchev–Trinajstić information content (AvgIpc) is 2.13. The third-order valence-corrected chi connectivity index (χ3v) is 5.17. The first-order valence-corrected chi connectivity index (χ1v) is 8.50. The first-order chi connectivity index (χ1) is 8.60. The van der Waals surface area contributed by atoms with Crippen LogP contribution in [0, 0.1) is 5.92 Å². The van der Waals surface area contributed by atoms with Gasteiger partial charge < -0.3 is 10.6 Å². The number of hydrogen-bond donors (Lipinski definition) is 2. The van der Waals surface area contributed by atoms with Gasteiger partial charge in [-0.1, -0.05) is 33.0 Å². The van der Waals surface area contributed by atoms with Crippen molar-refractivity contribution < 1.29 is 8.42 Å². The summed E-state index contributed by atoms with van der Waals surface area (Å²) in [4.78, 5) is 2.00. The number of thiocarbonyl (C=S) groups is 1. The fourth-order valence-corrected chi connectivity index (χ4v) is 4.15. The lowest BCUT2D eigenvalue weighted by Gasteiger charge is -2.26. The molecule has 0 saturated heterocycles. The molecule has 0 aromatic heterocycles. The highest BCUT2D eigenvalue weighted by atomic mass is 32.2. The topological polar surface area (TPSA) is 75.4 Å². The molecule has 0 spiro atoms. The van der Waals surface area contributed by atoms with Crippen LogP contribution in [0.15, 0.2) is 0 Å². The first kappa shape index (κ1) is 18.8. The van der Waals surface area contributed by atoms with Gasteiger partial charge in [0.1, 0.15) is 5.25 Å². The van der Waals surface area contributed by atoms with E-state index in [0.29, 0.717) is 18.9 Å². The van der Waals surface area contributed by atoms with Gasteiger partial charge in [0.25, 0.3) is 0 Å². The van der Waals surface area contributed by atoms with Crippen LogP contribution in [0.4, 0.5) is 0 Å². The zero-order valence-electron chi connectivity index (χ0n) is 12.5. The second kappa shape index (κ2) is 8.14. The molecule has 0 aromatic carbocycles. The van der Waals surface area contributed by atoms with Crippen molar-refractivity contribution in [3.63, 3.8) is 0 Å². The van der Waals surface area contributed by atoms with Gasteiger partial charge in [-0.15, -0.1) is 0 Å². The minimum Gasteiger partial charge on any atom is -0.392 e. The Kier molecular flexibility index (Phi) is 8.03. The fraction of sp³-hybridized carbons (Fsp3) is 0.917. The Labute approximate surface area is 123 Å². The summed E-state index contributed by atoms with van der Waals surface area (Å²) >= 11 is 4.84. The largest absolute Gasteiger partial charge is 0.392 e. The molecule has 114 valence electrons. The zero-order valence-corrected chi connectivity index (χ0v) is 14.1. The Morgan fingerprint density at radius 3 is 2.21 bits per heavy atom. The third-order valence-electron chi connectivity index (χ3n) is 2.74. The van der Waals surface area contributed by atoms with Crippen LogP contribution in [0.5, 0.6) is 0 Å². The highest BCUT2D eigenvalue weighted by Crippen LogP contribution is 2.11. The van der Waals surface area contributed by atoms with Crippen molar-refractivity contribution in [2.45, 2.75) is 44.9 Å². The Bertz CT molecular complexity index is 370. The molecular formula is C12H27N3O2S2. The molecule has 0 aliphatic heterocycles. The molecule has 19 heavy (non-hydrogen) atoms. The molecule has 0 aliphatic rings. The van der Waals surface area contributed by atoms with Crippen LogP contribution in [0.25, 0.3) is 0 Å². The standard InChI is InChI=1S/C12H27N3O2S2/c1-6-11(12(13)18)19(16,17)14-10(7-9(2)3)8-15(4)5/h9-11,14H,6-8H2,1-5H3,(H2,13,18). The summed E-state index contributed by atoms with van der Waals surface area (Å²) in [6.07, 6.45) is 1.17. The van der Waals surface area contributed by atoms with Crippen LogP contribution in [0.2, 0.25) is 0 Å². The van der Waals surface area contributed by atoms with E-state index < -0.39 is 15.3 Å². The van der Waals surface area contributed by atoms with Crippen molar-refractivity contribution in [3.05, 3.63) is 0 Å². The van der Waals surface area contributed by atoms with Gasteiger partial charge in [-0.2, -0.15) is 0 Å². The van der Waals surface area contributed by atoms with Crippen molar-refractivity contribution in [1.82, 2.24) is 9.62 Å². The summed E-state index contributed by atoms with van der Waals surface area (Å²) < 4.78 is 27.3. The maximum absolute atomic E-state index is 12.3. The van der Waals surface area contributed by atoms with Crippen LogP contribution < -0.4 is 10.5 Å². The number of nitrogens with two attached hydrogens (primary N) is 1. The predicted molar refractivity (Wildman–Crippen MR) is 84.7 cm³/mol. The number of nitrogens with zero attached hydrogens (tertiary/aromatic N) is 1. The van der Waals surface area contributed by atoms with Crippen LogP contribution in [-0.2, 0) is 10.0 Å². The maximum atomic E-state index is 12.3. The molecule has 2 unspecified atom stereocenters. The normalized spacial score (nSPS) is 15.7. The van der Waals surface area contributed by atoms with E-state index in [1.807, 2.05) is 19.0 Å². The molecule has 0 fully saturated rings. The van der Waals surface area contributed by atoms with Crippen molar-refractivity contribution in [2.75, 3.05) is 20.6 Å². The number of hydrogen-bond acceptors (Lipinski definition) is 4. The first-order valence-electron chi connectivity index (χ1n) is 6.55. The monoisotopic (exact) mass is 309 g/mol. The van der Waals surface area contributed by atoms with Crippen LogP contribution in [0.3, 0.4) is 0 Å². The van der Waals surface area contributed by atoms with Crippen molar-refractivity contribution >= 4 is 27.2 Å². The van der Waals surface area contributed by atoms with E-state index in [4.69, 9.17) is 18.0 Å². The summed E-state index contributed by atoms with van der Waals surface area (Å²) in [6.45, 7) is 6.57. The minimum atomic E-state index is -3.51. The van der Waals surface area contributed by atoms with Crippen molar-refractivity contribution in [3.8, 4) is 0 Å². The maximum Gasteiger partial charge on any atom is 0.221 e. The van der Waals surface area contributed by atoms with E-state index >= 15 is 0 Å². The van der Waals surface area contributed by atoms with E-state index in [9.17, 15) is 8.42 Å². The molecule has 0 heterocycles. The van der Waals surface area contributed by atoms with Crippen molar-refractivity contribution in [1.29, 1.82) is 0 Å². The summed E-state index contributed by atoms with van der Waals surface area (Å²) in [7, 11) is 0.341. The van der Waals surface area contributed by atoms with Gasteiger partial charge in [0.2, 0.25) is 10.0 Å². The van der Waals surface area contributed by atoms with Crippen LogP contribution >= 0.6 is 12.2 Å². The van der Waals surface area contributed by atoms with Crippen LogP contribution in [0.1, 0.15) is 33.6 Å². The summed E-state index contributed by atoms with van der Waals surface area (Å²) in [5.74, 6) is 0.414. The summed E-state index contributed by atoms with van der Waals surface area (Å²) in [5, 5.41) is -0.792. The Morgan fingerprint density at radius 1 is 1.37 bits per heavy atom.